The van der Waals surface area contributed by atoms with Crippen LogP contribution >= 0.6 is 0 Å². The number of hydrogen-bond acceptors (Lipinski definition) is 5. The highest BCUT2D eigenvalue weighted by Crippen LogP contribution is 2.14. The number of aliphatic hydroxyl groups excluding tert-OH is 1. The minimum atomic E-state index is -0.610. The van der Waals surface area contributed by atoms with Crippen LogP contribution in [0.15, 0.2) is 85.2 Å². The van der Waals surface area contributed by atoms with Crippen LogP contribution in [0.1, 0.15) is 35.3 Å². The van der Waals surface area contributed by atoms with Gasteiger partial charge in [-0.3, -0.25) is 0 Å². The van der Waals surface area contributed by atoms with Crippen molar-refractivity contribution in [2.45, 2.75) is 38.5 Å². The number of nitrogen functional groups attached to an aromatic ring is 1. The molecule has 0 saturated carbocycles. The van der Waals surface area contributed by atoms with E-state index < -0.39 is 6.10 Å². The highest BCUT2D eigenvalue weighted by atomic mass is 16.3. The number of pyridine rings is 1. The lowest BCUT2D eigenvalue weighted by atomic mass is 10.0. The van der Waals surface area contributed by atoms with Crippen molar-refractivity contribution in [1.29, 1.82) is 0 Å². The summed E-state index contributed by atoms with van der Waals surface area (Å²) in [6.45, 7) is 7.55. The second-order valence-corrected chi connectivity index (χ2v) is 7.99. The van der Waals surface area contributed by atoms with Crippen molar-refractivity contribution in [2.75, 3.05) is 12.3 Å². The van der Waals surface area contributed by atoms with Gasteiger partial charge in [0.15, 0.2) is 0 Å². The first-order chi connectivity index (χ1) is 15.0. The molecule has 0 radical (unpaired) electrons. The Balaban J connectivity index is 0.00000363. The zero-order chi connectivity index (χ0) is 22.1. The Hall–Kier alpha value is -3.19. The van der Waals surface area contributed by atoms with Crippen LogP contribution in [0.2, 0.25) is 0 Å². The van der Waals surface area contributed by atoms with Crippen molar-refractivity contribution in [3.05, 3.63) is 107 Å². The lowest BCUT2D eigenvalue weighted by Crippen LogP contribution is -2.32. The molecule has 1 aromatic heterocycles. The number of nitrogens with zero attached hydrogens (tertiary/aromatic N) is 1. The third kappa shape index (κ3) is 8.15. The lowest BCUT2D eigenvalue weighted by Gasteiger charge is -2.18. The molecule has 0 bridgehead atoms. The van der Waals surface area contributed by atoms with Crippen molar-refractivity contribution < 1.29 is 10.6 Å². The molecular weight excluding hydrogens is 400 g/mol. The molecule has 7 N–H and O–H groups in total. The van der Waals surface area contributed by atoms with Crippen LogP contribution in [-0.2, 0) is 19.4 Å². The van der Waals surface area contributed by atoms with Crippen LogP contribution in [0.25, 0.3) is 0 Å². The zero-order valence-electron chi connectivity index (χ0n) is 18.6. The van der Waals surface area contributed by atoms with Crippen molar-refractivity contribution in [3.63, 3.8) is 0 Å². The second kappa shape index (κ2) is 12.6. The van der Waals surface area contributed by atoms with Crippen LogP contribution in [0, 0.1) is 0 Å². The Bertz CT molecular complexity index is 961. The van der Waals surface area contributed by atoms with Gasteiger partial charge in [-0.15, -0.1) is 0 Å². The maximum Gasteiger partial charge on any atom is 0.123 e. The van der Waals surface area contributed by atoms with Gasteiger partial charge in [0.05, 0.1) is 6.10 Å². The number of allylic oxidation sites excluding steroid dienone is 1. The smallest absolute Gasteiger partial charge is 0.123 e. The van der Waals surface area contributed by atoms with E-state index in [1.165, 1.54) is 16.7 Å². The molecular formula is C26H34N4O2. The average molecular weight is 435 g/mol. The van der Waals surface area contributed by atoms with Crippen molar-refractivity contribution >= 4 is 5.82 Å². The number of nitrogens with two attached hydrogens (primary N) is 1. The molecule has 1 heterocycles. The third-order valence-electron chi connectivity index (χ3n) is 5.19. The van der Waals surface area contributed by atoms with Gasteiger partial charge in [-0.05, 0) is 36.1 Å². The highest BCUT2D eigenvalue weighted by molar-refractivity contribution is 5.30. The fourth-order valence-electron chi connectivity index (χ4n) is 3.47. The molecule has 3 aromatic rings. The predicted octanol–water partition coefficient (Wildman–Crippen LogP) is 2.94. The summed E-state index contributed by atoms with van der Waals surface area (Å²) >= 11 is 0. The summed E-state index contributed by atoms with van der Waals surface area (Å²) in [5.74, 6) is 0.454. The van der Waals surface area contributed by atoms with Crippen LogP contribution < -0.4 is 16.4 Å². The van der Waals surface area contributed by atoms with Crippen LogP contribution in [0.3, 0.4) is 0 Å². The molecule has 2 aromatic carbocycles. The summed E-state index contributed by atoms with van der Waals surface area (Å²) in [7, 11) is 0. The Morgan fingerprint density at radius 3 is 2.47 bits per heavy atom. The molecule has 0 saturated heterocycles. The molecule has 170 valence electrons. The Morgan fingerprint density at radius 1 is 1.03 bits per heavy atom. The molecule has 0 aliphatic heterocycles. The van der Waals surface area contributed by atoms with E-state index in [4.69, 9.17) is 5.73 Å². The van der Waals surface area contributed by atoms with Crippen LogP contribution in [0.5, 0.6) is 0 Å². The normalized spacial score (nSPS) is 12.4. The molecule has 6 nitrogen and oxygen atoms in total. The SMILES string of the molecule is C=C(Cc1cccc(C[C@@H](C)NC[C@H](O)c2ccc(N)nc2)c1)NCc1ccccc1.O. The fraction of sp³-hybridized carbons (Fsp3) is 0.269. The molecule has 0 aliphatic rings. The zero-order valence-corrected chi connectivity index (χ0v) is 18.6. The molecule has 0 amide bonds. The van der Waals surface area contributed by atoms with Gasteiger partial charge in [-0.1, -0.05) is 67.2 Å². The lowest BCUT2D eigenvalue weighted by molar-refractivity contribution is 0.170. The van der Waals surface area contributed by atoms with E-state index in [1.807, 2.05) is 24.3 Å². The Labute approximate surface area is 190 Å². The van der Waals surface area contributed by atoms with E-state index in [1.54, 1.807) is 12.3 Å². The van der Waals surface area contributed by atoms with Gasteiger partial charge >= 0.3 is 0 Å². The minimum absolute atomic E-state index is 0. The van der Waals surface area contributed by atoms with Crippen LogP contribution in [0.4, 0.5) is 5.82 Å². The maximum atomic E-state index is 10.3. The van der Waals surface area contributed by atoms with Gasteiger partial charge in [0.2, 0.25) is 0 Å². The van der Waals surface area contributed by atoms with Gasteiger partial charge in [0.1, 0.15) is 5.82 Å². The van der Waals surface area contributed by atoms with Gasteiger partial charge < -0.3 is 26.9 Å². The van der Waals surface area contributed by atoms with E-state index in [-0.39, 0.29) is 11.5 Å². The topological polar surface area (TPSA) is 115 Å². The summed E-state index contributed by atoms with van der Waals surface area (Å²) < 4.78 is 0. The van der Waals surface area contributed by atoms with Gasteiger partial charge in [-0.25, -0.2) is 4.98 Å². The second-order valence-electron chi connectivity index (χ2n) is 7.99. The first kappa shape index (κ1) is 25.1. The Kier molecular flexibility index (Phi) is 9.88. The Morgan fingerprint density at radius 2 is 1.75 bits per heavy atom. The molecule has 0 spiro atoms. The van der Waals surface area contributed by atoms with Gasteiger partial charge in [-0.2, -0.15) is 0 Å². The fourth-order valence-corrected chi connectivity index (χ4v) is 3.47. The molecule has 0 fully saturated rings. The molecule has 6 heteroatoms. The van der Waals surface area contributed by atoms with E-state index in [0.717, 1.165) is 30.6 Å². The third-order valence-corrected chi connectivity index (χ3v) is 5.19. The first-order valence-corrected chi connectivity index (χ1v) is 10.7. The quantitative estimate of drug-likeness (QED) is 0.370. The molecule has 0 aliphatic carbocycles. The van der Waals surface area contributed by atoms with Crippen molar-refractivity contribution in [1.82, 2.24) is 15.6 Å². The van der Waals surface area contributed by atoms with E-state index in [2.05, 4.69) is 65.5 Å². The van der Waals surface area contributed by atoms with Crippen molar-refractivity contribution in [3.8, 4) is 0 Å². The maximum absolute atomic E-state index is 10.3. The van der Waals surface area contributed by atoms with E-state index in [9.17, 15) is 5.11 Å². The molecule has 2 atom stereocenters. The number of benzene rings is 2. The monoisotopic (exact) mass is 434 g/mol. The average Bonchev–Trinajstić information content (AvgIpc) is 2.77. The van der Waals surface area contributed by atoms with E-state index in [0.29, 0.717) is 12.4 Å². The number of aliphatic hydroxyl groups is 1. The highest BCUT2D eigenvalue weighted by Gasteiger charge is 2.11. The number of anilines is 1. The summed E-state index contributed by atoms with van der Waals surface area (Å²) in [5.41, 5.74) is 11.1. The van der Waals surface area contributed by atoms with Gasteiger partial charge in [0, 0.05) is 43.0 Å². The van der Waals surface area contributed by atoms with Crippen LogP contribution in [-0.4, -0.2) is 28.2 Å². The van der Waals surface area contributed by atoms with Gasteiger partial charge in [0.25, 0.3) is 0 Å². The standard InChI is InChI=1S/C26H32N4O.H2O/c1-19(28-16-21-7-4-3-5-8-21)13-22-9-6-10-23(15-22)14-20(2)29-18-25(31)24-11-12-26(27)30-17-24;/h3-12,15,17,20,25,28-29,31H,1,13-14,16,18H2,2H3,(H2,27,30);1H2/t20-,25+;/m1./s1. The molecule has 3 rings (SSSR count). The number of hydrogen-bond donors (Lipinski definition) is 4. The summed E-state index contributed by atoms with van der Waals surface area (Å²) in [6.07, 6.45) is 2.69. The summed E-state index contributed by atoms with van der Waals surface area (Å²) in [5, 5.41) is 17.2. The first-order valence-electron chi connectivity index (χ1n) is 10.7. The number of nitrogens with one attached hydrogen (secondary N) is 2. The molecule has 0 unspecified atom stereocenters. The number of rotatable bonds is 11. The summed E-state index contributed by atoms with van der Waals surface area (Å²) in [4.78, 5) is 4.04. The van der Waals surface area contributed by atoms with Crippen molar-refractivity contribution in [2.24, 2.45) is 0 Å². The summed E-state index contributed by atoms with van der Waals surface area (Å²) in [6, 6.07) is 22.7. The largest absolute Gasteiger partial charge is 0.412 e. The van der Waals surface area contributed by atoms with E-state index >= 15 is 0 Å². The molecule has 32 heavy (non-hydrogen) atoms. The number of aromatic nitrogens is 1. The predicted molar refractivity (Wildman–Crippen MR) is 131 cm³/mol. The minimum Gasteiger partial charge on any atom is -0.412 e.